The molecular formula is C80H59BN4O2. The van der Waals surface area contributed by atoms with E-state index in [1.165, 1.54) is 54.2 Å². The van der Waals surface area contributed by atoms with Gasteiger partial charge in [-0.2, -0.15) is 0 Å². The molecule has 0 radical (unpaired) electrons. The van der Waals surface area contributed by atoms with Crippen LogP contribution in [0.15, 0.2) is 249 Å². The highest BCUT2D eigenvalue weighted by Gasteiger charge is 2.41. The van der Waals surface area contributed by atoms with Crippen LogP contribution in [-0.4, -0.2) is 25.0 Å². The van der Waals surface area contributed by atoms with Crippen LogP contribution < -0.4 is 25.9 Å². The number of fused-ring (bicyclic) bond motifs is 16. The zero-order chi connectivity index (χ0) is 58.2. The fraction of sp³-hybridized carbons (Fsp3) is 0.100. The molecule has 6 heterocycles. The fourth-order valence-corrected chi connectivity index (χ4v) is 14.9. The highest BCUT2D eigenvalue weighted by molar-refractivity contribution is 6.98. The van der Waals surface area contributed by atoms with Gasteiger partial charge in [0.15, 0.2) is 0 Å². The zero-order valence-electron chi connectivity index (χ0n) is 49.4. The Morgan fingerprint density at radius 3 is 1.16 bits per heavy atom. The predicted octanol–water partition coefficient (Wildman–Crippen LogP) is 19.1. The average Bonchev–Trinajstić information content (AvgIpc) is 1.92. The third kappa shape index (κ3) is 7.23. The topological polar surface area (TPSA) is 38.2 Å². The van der Waals surface area contributed by atoms with Gasteiger partial charge in [-0.1, -0.05) is 193 Å². The summed E-state index contributed by atoms with van der Waals surface area (Å²) in [6.07, 6.45) is 0. The van der Waals surface area contributed by atoms with Crippen molar-refractivity contribution in [2.75, 3.05) is 0 Å². The summed E-state index contributed by atoms with van der Waals surface area (Å²) in [6.45, 7) is 13.6. The van der Waals surface area contributed by atoms with E-state index in [0.717, 1.165) is 117 Å². The highest BCUT2D eigenvalue weighted by atomic mass is 16.5. The molecular weight excluding hydrogens is 1060 g/mol. The van der Waals surface area contributed by atoms with Crippen LogP contribution in [0.3, 0.4) is 0 Å². The molecule has 2 aliphatic heterocycles. The van der Waals surface area contributed by atoms with Crippen molar-refractivity contribution in [1.82, 2.24) is 18.3 Å². The van der Waals surface area contributed by atoms with Gasteiger partial charge >= 0.3 is 0 Å². The lowest BCUT2D eigenvalue weighted by Crippen LogP contribution is -2.57. The standard InChI is InChI=1S/C80H59BN4O2/c1-79(2,3)49-35-40-70-60(43-49)61-44-50(80(4,5)6)36-41-71(61)83(70)52-46-75-77-76(47-52)87-74-45-51(82-64-27-13-7-20-54(64)55-21-8-14-28-65(55)82)37-39-63(74)81(77)62-38-34-48(42-73(62)86-75)53-26-19-33-72(84-66-29-15-9-22-56(66)57-23-10-16-30-67(57)84)78(53)85-68-31-17-11-24-58(68)59-25-12-18-32-69(59)85/h7-47H,1-6H3. The fourth-order valence-electron chi connectivity index (χ4n) is 14.9. The van der Waals surface area contributed by atoms with E-state index in [9.17, 15) is 0 Å². The van der Waals surface area contributed by atoms with Crippen molar-refractivity contribution < 1.29 is 9.47 Å². The quantitative estimate of drug-likeness (QED) is 0.161. The number of aromatic nitrogens is 4. The van der Waals surface area contributed by atoms with E-state index < -0.39 is 0 Å². The van der Waals surface area contributed by atoms with Gasteiger partial charge in [0.25, 0.3) is 6.71 Å². The van der Waals surface area contributed by atoms with Crippen LogP contribution in [-0.2, 0) is 10.8 Å². The van der Waals surface area contributed by atoms with E-state index in [0.29, 0.717) is 0 Å². The molecule has 12 aromatic carbocycles. The first-order chi connectivity index (χ1) is 42.4. The van der Waals surface area contributed by atoms with Crippen LogP contribution in [0.25, 0.3) is 121 Å². The maximum atomic E-state index is 7.55. The van der Waals surface area contributed by atoms with Gasteiger partial charge in [-0.25, -0.2) is 0 Å². The Balaban J connectivity index is 0.888. The van der Waals surface area contributed by atoms with Gasteiger partial charge in [-0.05, 0) is 117 Å². The number of hydrogen-bond acceptors (Lipinski definition) is 2. The molecule has 0 saturated heterocycles. The summed E-state index contributed by atoms with van der Waals surface area (Å²) >= 11 is 0. The summed E-state index contributed by atoms with van der Waals surface area (Å²) < 4.78 is 24.7. The van der Waals surface area contributed by atoms with Gasteiger partial charge in [0, 0.05) is 78.0 Å². The van der Waals surface area contributed by atoms with Gasteiger partial charge in [-0.15, -0.1) is 0 Å². The smallest absolute Gasteiger partial charge is 0.260 e. The maximum absolute atomic E-state index is 7.55. The minimum atomic E-state index is -0.194. The SMILES string of the molecule is CC(C)(C)c1ccc2c(c1)c1cc(C(C)(C)C)ccc1n2-c1cc2c3c(c1)Oc1cc(-n4c5ccccc5c5ccccc54)ccc1B3c1ccc(-c3cccc(-n4c5ccccc5c5ccccc54)c3-n3c4ccccc4c4ccccc43)cc1O2. The van der Waals surface area contributed by atoms with Crippen molar-refractivity contribution >= 4 is 110 Å². The molecule has 7 heteroatoms. The third-order valence-electron chi connectivity index (χ3n) is 19.0. The second kappa shape index (κ2) is 18.0. The van der Waals surface area contributed by atoms with Crippen LogP contribution in [0.5, 0.6) is 23.0 Å². The maximum Gasteiger partial charge on any atom is 0.260 e. The molecule has 0 atom stereocenters. The number of benzene rings is 12. The van der Waals surface area contributed by atoms with Gasteiger partial charge in [-0.3, -0.25) is 0 Å². The second-order valence-corrected chi connectivity index (χ2v) is 26.0. The van der Waals surface area contributed by atoms with E-state index in [4.69, 9.17) is 9.47 Å². The lowest BCUT2D eigenvalue weighted by atomic mass is 9.35. The summed E-state index contributed by atoms with van der Waals surface area (Å²) in [4.78, 5) is 0. The number of hydrogen-bond donors (Lipinski definition) is 0. The van der Waals surface area contributed by atoms with E-state index in [-0.39, 0.29) is 17.5 Å². The van der Waals surface area contributed by atoms with E-state index in [1.54, 1.807) is 0 Å². The molecule has 16 aromatic rings. The van der Waals surface area contributed by atoms with Crippen molar-refractivity contribution in [3.05, 3.63) is 260 Å². The first-order valence-corrected chi connectivity index (χ1v) is 30.4. The first kappa shape index (κ1) is 49.9. The zero-order valence-corrected chi connectivity index (χ0v) is 49.4. The van der Waals surface area contributed by atoms with Crippen LogP contribution in [0, 0.1) is 0 Å². The molecule has 2 aliphatic rings. The lowest BCUT2D eigenvalue weighted by molar-refractivity contribution is 0.464. The van der Waals surface area contributed by atoms with Crippen LogP contribution >= 0.6 is 0 Å². The van der Waals surface area contributed by atoms with Crippen molar-refractivity contribution in [3.8, 4) is 56.9 Å². The molecule has 18 rings (SSSR count). The minimum Gasteiger partial charge on any atom is -0.458 e. The Hall–Kier alpha value is -10.5. The van der Waals surface area contributed by atoms with Crippen LogP contribution in [0.4, 0.5) is 0 Å². The third-order valence-corrected chi connectivity index (χ3v) is 19.0. The van der Waals surface area contributed by atoms with E-state index in [1.807, 2.05) is 0 Å². The van der Waals surface area contributed by atoms with Crippen LogP contribution in [0.1, 0.15) is 52.7 Å². The molecule has 4 aromatic heterocycles. The lowest BCUT2D eigenvalue weighted by Gasteiger charge is -2.34. The Morgan fingerprint density at radius 1 is 0.299 bits per heavy atom. The monoisotopic (exact) mass is 1120 g/mol. The Morgan fingerprint density at radius 2 is 0.690 bits per heavy atom. The second-order valence-electron chi connectivity index (χ2n) is 26.0. The summed E-state index contributed by atoms with van der Waals surface area (Å²) in [6, 6.07) is 91.9. The average molecular weight is 1120 g/mol. The molecule has 414 valence electrons. The summed E-state index contributed by atoms with van der Waals surface area (Å²) in [5.41, 5.74) is 21.3. The van der Waals surface area contributed by atoms with Crippen molar-refractivity contribution in [1.29, 1.82) is 0 Å². The van der Waals surface area contributed by atoms with E-state index >= 15 is 0 Å². The minimum absolute atomic E-state index is 0.0365. The molecule has 87 heavy (non-hydrogen) atoms. The summed E-state index contributed by atoms with van der Waals surface area (Å²) in [7, 11) is 0. The first-order valence-electron chi connectivity index (χ1n) is 30.4. The van der Waals surface area contributed by atoms with Gasteiger partial charge in [0.2, 0.25) is 0 Å². The molecule has 0 bridgehead atoms. The number of nitrogens with zero attached hydrogens (tertiary/aromatic N) is 4. The number of para-hydroxylation sites is 7. The molecule has 0 aliphatic carbocycles. The molecule has 0 spiro atoms. The van der Waals surface area contributed by atoms with Crippen molar-refractivity contribution in [2.45, 2.75) is 52.4 Å². The largest absolute Gasteiger partial charge is 0.458 e. The molecule has 0 N–H and O–H groups in total. The van der Waals surface area contributed by atoms with Gasteiger partial charge in [0.05, 0.1) is 61.2 Å². The van der Waals surface area contributed by atoms with Crippen LogP contribution in [0.2, 0.25) is 0 Å². The number of rotatable bonds is 5. The Kier molecular flexibility index (Phi) is 10.3. The number of ether oxygens (including phenoxy) is 2. The van der Waals surface area contributed by atoms with Crippen molar-refractivity contribution in [2.24, 2.45) is 0 Å². The Bertz CT molecular complexity index is 5410. The highest BCUT2D eigenvalue weighted by Crippen LogP contribution is 2.46. The van der Waals surface area contributed by atoms with E-state index in [2.05, 4.69) is 309 Å². The molecule has 0 saturated carbocycles. The summed E-state index contributed by atoms with van der Waals surface area (Å²) in [5, 5.41) is 9.75. The van der Waals surface area contributed by atoms with Crippen molar-refractivity contribution in [3.63, 3.8) is 0 Å². The van der Waals surface area contributed by atoms with Gasteiger partial charge in [0.1, 0.15) is 23.0 Å². The molecule has 0 fully saturated rings. The normalized spacial score (nSPS) is 13.1. The Labute approximate surface area is 504 Å². The molecule has 0 unspecified atom stereocenters. The molecule has 0 amide bonds. The summed E-state index contributed by atoms with van der Waals surface area (Å²) in [5.74, 6) is 3.21. The molecule has 6 nitrogen and oxygen atoms in total. The van der Waals surface area contributed by atoms with Gasteiger partial charge < -0.3 is 27.7 Å². The predicted molar refractivity (Wildman–Crippen MR) is 364 cm³/mol.